The van der Waals surface area contributed by atoms with Crippen molar-refractivity contribution in [2.45, 2.75) is 72.7 Å². The minimum absolute atomic E-state index is 0.0148. The van der Waals surface area contributed by atoms with Crippen LogP contribution < -0.4 is 0 Å². The standard InChI is InChI=1S/C15H28O5/c1-7-14(20-15(4,5)6)19-13(17)9-8-12(16)18-10-11(2)3/h11,14H,7-10H2,1-6H3. The molecule has 5 nitrogen and oxygen atoms in total. The molecule has 118 valence electrons. The molecule has 0 N–H and O–H groups in total. The molecule has 0 aromatic carbocycles. The summed E-state index contributed by atoms with van der Waals surface area (Å²) in [7, 11) is 0. The Morgan fingerprint density at radius 1 is 1.05 bits per heavy atom. The fourth-order valence-electron chi connectivity index (χ4n) is 1.33. The molecule has 0 amide bonds. The first kappa shape index (κ1) is 18.9. The van der Waals surface area contributed by atoms with E-state index >= 15 is 0 Å². The quantitative estimate of drug-likeness (QED) is 0.507. The lowest BCUT2D eigenvalue weighted by Crippen LogP contribution is -2.30. The van der Waals surface area contributed by atoms with E-state index in [1.54, 1.807) is 0 Å². The molecule has 0 spiro atoms. The molecule has 0 radical (unpaired) electrons. The maximum atomic E-state index is 11.6. The van der Waals surface area contributed by atoms with Crippen LogP contribution in [0.15, 0.2) is 0 Å². The largest absolute Gasteiger partial charge is 0.465 e. The number of rotatable bonds is 8. The van der Waals surface area contributed by atoms with Gasteiger partial charge in [0.15, 0.2) is 0 Å². The molecule has 0 aliphatic carbocycles. The van der Waals surface area contributed by atoms with Gasteiger partial charge >= 0.3 is 11.9 Å². The second kappa shape index (κ2) is 8.95. The number of carbonyl (C=O) groups excluding carboxylic acids is 2. The van der Waals surface area contributed by atoms with Gasteiger partial charge in [-0.25, -0.2) is 0 Å². The zero-order chi connectivity index (χ0) is 15.8. The van der Waals surface area contributed by atoms with Gasteiger partial charge in [0, 0.05) is 6.42 Å². The van der Waals surface area contributed by atoms with Gasteiger partial charge in [-0.05, 0) is 26.7 Å². The summed E-state index contributed by atoms with van der Waals surface area (Å²) in [5.41, 5.74) is -0.378. The highest BCUT2D eigenvalue weighted by Gasteiger charge is 2.21. The maximum absolute atomic E-state index is 11.6. The highest BCUT2D eigenvalue weighted by molar-refractivity contribution is 5.77. The third kappa shape index (κ3) is 10.8. The van der Waals surface area contributed by atoms with Crippen molar-refractivity contribution >= 4 is 11.9 Å². The van der Waals surface area contributed by atoms with Crippen LogP contribution in [0, 0.1) is 5.92 Å². The van der Waals surface area contributed by atoms with Crippen LogP contribution in [0.25, 0.3) is 0 Å². The fourth-order valence-corrected chi connectivity index (χ4v) is 1.33. The van der Waals surface area contributed by atoms with E-state index < -0.39 is 12.3 Å². The van der Waals surface area contributed by atoms with Crippen molar-refractivity contribution in [2.24, 2.45) is 5.92 Å². The lowest BCUT2D eigenvalue weighted by molar-refractivity contribution is -0.204. The maximum Gasteiger partial charge on any atom is 0.308 e. The van der Waals surface area contributed by atoms with Gasteiger partial charge in [0.25, 0.3) is 0 Å². The Bertz CT molecular complexity index is 304. The molecule has 0 saturated carbocycles. The predicted octanol–water partition coefficient (Wildman–Crippen LogP) is 3.06. The summed E-state index contributed by atoms with van der Waals surface area (Å²) in [5.74, 6) is -0.529. The molecule has 1 atom stereocenters. The van der Waals surface area contributed by atoms with Gasteiger partial charge in [-0.3, -0.25) is 9.59 Å². The third-order valence-corrected chi connectivity index (χ3v) is 2.19. The van der Waals surface area contributed by atoms with E-state index in [-0.39, 0.29) is 30.3 Å². The van der Waals surface area contributed by atoms with Crippen LogP contribution in [0.4, 0.5) is 0 Å². The van der Waals surface area contributed by atoms with Crippen LogP contribution in [0.5, 0.6) is 0 Å². The number of hydrogen-bond acceptors (Lipinski definition) is 5. The van der Waals surface area contributed by atoms with Crippen LogP contribution in [0.3, 0.4) is 0 Å². The first-order chi connectivity index (χ1) is 9.14. The van der Waals surface area contributed by atoms with Gasteiger partial charge < -0.3 is 14.2 Å². The van der Waals surface area contributed by atoms with E-state index in [2.05, 4.69) is 0 Å². The predicted molar refractivity (Wildman–Crippen MR) is 76.0 cm³/mol. The molecular formula is C15H28O5. The first-order valence-corrected chi connectivity index (χ1v) is 7.17. The summed E-state index contributed by atoms with van der Waals surface area (Å²) in [6.07, 6.45) is 0.0494. The van der Waals surface area contributed by atoms with E-state index in [4.69, 9.17) is 14.2 Å². The SMILES string of the molecule is CCC(OC(=O)CCC(=O)OCC(C)C)OC(C)(C)C. The Hall–Kier alpha value is -1.10. The number of hydrogen-bond donors (Lipinski definition) is 0. The van der Waals surface area contributed by atoms with E-state index in [0.717, 1.165) is 0 Å². The van der Waals surface area contributed by atoms with E-state index in [1.165, 1.54) is 0 Å². The number of ether oxygens (including phenoxy) is 3. The molecule has 0 saturated heterocycles. The van der Waals surface area contributed by atoms with Crippen molar-refractivity contribution in [1.29, 1.82) is 0 Å². The van der Waals surface area contributed by atoms with E-state index in [9.17, 15) is 9.59 Å². The lowest BCUT2D eigenvalue weighted by atomic mass is 10.2. The van der Waals surface area contributed by atoms with Crippen molar-refractivity contribution in [1.82, 2.24) is 0 Å². The molecular weight excluding hydrogens is 260 g/mol. The van der Waals surface area contributed by atoms with Gasteiger partial charge in [0.2, 0.25) is 6.29 Å². The van der Waals surface area contributed by atoms with Crippen molar-refractivity contribution in [3.8, 4) is 0 Å². The van der Waals surface area contributed by atoms with Crippen molar-refractivity contribution in [2.75, 3.05) is 6.61 Å². The second-order valence-electron chi connectivity index (χ2n) is 6.13. The minimum Gasteiger partial charge on any atom is -0.465 e. The van der Waals surface area contributed by atoms with Crippen LogP contribution >= 0.6 is 0 Å². The zero-order valence-electron chi connectivity index (χ0n) is 13.5. The second-order valence-corrected chi connectivity index (χ2v) is 6.13. The van der Waals surface area contributed by atoms with Gasteiger partial charge in [-0.15, -0.1) is 0 Å². The molecule has 0 aliphatic rings. The molecule has 0 aromatic heterocycles. The normalized spacial score (nSPS) is 13.2. The molecule has 0 rings (SSSR count). The van der Waals surface area contributed by atoms with Crippen molar-refractivity contribution < 1.29 is 23.8 Å². The minimum atomic E-state index is -0.575. The first-order valence-electron chi connectivity index (χ1n) is 7.17. The molecule has 1 unspecified atom stereocenters. The Kier molecular flexibility index (Phi) is 8.46. The smallest absolute Gasteiger partial charge is 0.308 e. The molecule has 0 heterocycles. The van der Waals surface area contributed by atoms with E-state index in [0.29, 0.717) is 13.0 Å². The topological polar surface area (TPSA) is 61.8 Å². The third-order valence-electron chi connectivity index (χ3n) is 2.19. The van der Waals surface area contributed by atoms with Gasteiger partial charge in [-0.2, -0.15) is 0 Å². The van der Waals surface area contributed by atoms with Crippen LogP contribution in [-0.4, -0.2) is 30.4 Å². The highest BCUT2D eigenvalue weighted by atomic mass is 16.7. The lowest BCUT2D eigenvalue weighted by Gasteiger charge is -2.26. The molecule has 0 fully saturated rings. The number of carbonyl (C=O) groups is 2. The summed E-state index contributed by atoms with van der Waals surface area (Å²) in [5, 5.41) is 0. The Morgan fingerprint density at radius 3 is 2.05 bits per heavy atom. The Morgan fingerprint density at radius 2 is 1.60 bits per heavy atom. The van der Waals surface area contributed by atoms with Gasteiger partial charge in [-0.1, -0.05) is 20.8 Å². The molecule has 20 heavy (non-hydrogen) atoms. The molecule has 0 aromatic rings. The zero-order valence-corrected chi connectivity index (χ0v) is 13.5. The van der Waals surface area contributed by atoms with Crippen molar-refractivity contribution in [3.63, 3.8) is 0 Å². The van der Waals surface area contributed by atoms with Gasteiger partial charge in [0.05, 0.1) is 25.0 Å². The molecule has 5 heteroatoms. The molecule has 0 aliphatic heterocycles. The van der Waals surface area contributed by atoms with E-state index in [1.807, 2.05) is 41.5 Å². The van der Waals surface area contributed by atoms with Gasteiger partial charge in [0.1, 0.15) is 0 Å². The fraction of sp³-hybridized carbons (Fsp3) is 0.867. The van der Waals surface area contributed by atoms with Crippen LogP contribution in [0.2, 0.25) is 0 Å². The van der Waals surface area contributed by atoms with Crippen molar-refractivity contribution in [3.05, 3.63) is 0 Å². The summed E-state index contributed by atoms with van der Waals surface area (Å²) in [6, 6.07) is 0. The summed E-state index contributed by atoms with van der Waals surface area (Å²) in [6.45, 7) is 11.8. The average Bonchev–Trinajstić information content (AvgIpc) is 2.31. The average molecular weight is 288 g/mol. The summed E-state index contributed by atoms with van der Waals surface area (Å²) >= 11 is 0. The highest BCUT2D eigenvalue weighted by Crippen LogP contribution is 2.14. The Labute approximate surface area is 122 Å². The van der Waals surface area contributed by atoms with Crippen LogP contribution in [-0.2, 0) is 23.8 Å². The monoisotopic (exact) mass is 288 g/mol. The van der Waals surface area contributed by atoms with Crippen LogP contribution in [0.1, 0.15) is 60.8 Å². The Balaban J connectivity index is 4.00. The molecule has 0 bridgehead atoms. The summed E-state index contributed by atoms with van der Waals surface area (Å²) in [4.78, 5) is 23.0. The number of esters is 2. The summed E-state index contributed by atoms with van der Waals surface area (Å²) < 4.78 is 15.8.